The number of nitrogens with one attached hydrogen (secondary N) is 2. The van der Waals surface area contributed by atoms with Crippen LogP contribution in [0.3, 0.4) is 0 Å². The van der Waals surface area contributed by atoms with Crippen molar-refractivity contribution >= 4 is 5.69 Å². The van der Waals surface area contributed by atoms with E-state index in [9.17, 15) is 5.26 Å². The summed E-state index contributed by atoms with van der Waals surface area (Å²) in [6.45, 7) is 1.65. The molecule has 1 aromatic rings. The van der Waals surface area contributed by atoms with Crippen molar-refractivity contribution in [1.29, 1.82) is 5.26 Å². The van der Waals surface area contributed by atoms with E-state index in [4.69, 9.17) is 4.74 Å². The highest BCUT2D eigenvalue weighted by Crippen LogP contribution is 2.28. The van der Waals surface area contributed by atoms with Crippen LogP contribution in [0, 0.1) is 11.3 Å². The Kier molecular flexibility index (Phi) is 3.50. The van der Waals surface area contributed by atoms with Gasteiger partial charge in [-0.05, 0) is 31.5 Å². The van der Waals surface area contributed by atoms with Crippen molar-refractivity contribution in [2.75, 3.05) is 25.5 Å². The fraction of sp³-hybridized carbons (Fsp3) is 0.462. The molecule has 1 aliphatic heterocycles. The summed E-state index contributed by atoms with van der Waals surface area (Å²) in [7, 11) is 1.64. The largest absolute Gasteiger partial charge is 0.495 e. The van der Waals surface area contributed by atoms with E-state index >= 15 is 0 Å². The third-order valence-corrected chi connectivity index (χ3v) is 3.08. The van der Waals surface area contributed by atoms with Gasteiger partial charge in [0.1, 0.15) is 11.3 Å². The van der Waals surface area contributed by atoms with Gasteiger partial charge >= 0.3 is 0 Å². The van der Waals surface area contributed by atoms with Gasteiger partial charge in [-0.2, -0.15) is 5.26 Å². The van der Waals surface area contributed by atoms with Crippen molar-refractivity contribution in [3.05, 3.63) is 24.3 Å². The van der Waals surface area contributed by atoms with Crippen LogP contribution in [0.4, 0.5) is 5.69 Å². The summed E-state index contributed by atoms with van der Waals surface area (Å²) in [6.07, 6.45) is 1.87. The molecule has 1 aliphatic rings. The molecule has 0 bridgehead atoms. The Labute approximate surface area is 102 Å². The van der Waals surface area contributed by atoms with E-state index in [0.717, 1.165) is 30.8 Å². The minimum absolute atomic E-state index is 0.521. The number of piperidine rings is 1. The minimum atomic E-state index is -0.521. The molecule has 1 saturated heterocycles. The van der Waals surface area contributed by atoms with Crippen molar-refractivity contribution in [1.82, 2.24) is 5.32 Å². The monoisotopic (exact) mass is 231 g/mol. The maximum atomic E-state index is 9.37. The quantitative estimate of drug-likeness (QED) is 0.832. The number of nitrogens with zero attached hydrogens (tertiary/aromatic N) is 1. The van der Waals surface area contributed by atoms with Crippen LogP contribution in [0.25, 0.3) is 0 Å². The number of para-hydroxylation sites is 2. The molecule has 1 unspecified atom stereocenters. The maximum Gasteiger partial charge on any atom is 0.141 e. The molecule has 4 heteroatoms. The second-order valence-electron chi connectivity index (χ2n) is 4.30. The molecule has 0 spiro atoms. The average molecular weight is 231 g/mol. The van der Waals surface area contributed by atoms with E-state index in [1.807, 2.05) is 24.3 Å². The zero-order valence-electron chi connectivity index (χ0n) is 9.99. The number of ether oxygens (including phenoxy) is 1. The molecule has 2 rings (SSSR count). The summed E-state index contributed by atoms with van der Waals surface area (Å²) in [5, 5.41) is 15.9. The Morgan fingerprint density at radius 1 is 1.47 bits per heavy atom. The Bertz CT molecular complexity index is 419. The Hall–Kier alpha value is -1.73. The van der Waals surface area contributed by atoms with Crippen LogP contribution >= 0.6 is 0 Å². The maximum absolute atomic E-state index is 9.37. The number of anilines is 1. The summed E-state index contributed by atoms with van der Waals surface area (Å²) >= 11 is 0. The highest BCUT2D eigenvalue weighted by Gasteiger charge is 2.32. The van der Waals surface area contributed by atoms with Gasteiger partial charge in [0, 0.05) is 6.54 Å². The summed E-state index contributed by atoms with van der Waals surface area (Å²) in [6, 6.07) is 10.1. The lowest BCUT2D eigenvalue weighted by Crippen LogP contribution is -2.50. The zero-order valence-corrected chi connectivity index (χ0v) is 9.99. The number of nitriles is 1. The zero-order chi connectivity index (χ0) is 12.1. The summed E-state index contributed by atoms with van der Waals surface area (Å²) in [5.74, 6) is 0.771. The fourth-order valence-corrected chi connectivity index (χ4v) is 2.14. The van der Waals surface area contributed by atoms with Crippen molar-refractivity contribution < 1.29 is 4.74 Å². The van der Waals surface area contributed by atoms with Gasteiger partial charge in [-0.1, -0.05) is 12.1 Å². The molecule has 1 heterocycles. The normalized spacial score (nSPS) is 23.8. The van der Waals surface area contributed by atoms with Gasteiger partial charge < -0.3 is 15.4 Å². The Balaban J connectivity index is 2.21. The predicted octanol–water partition coefficient (Wildman–Crippen LogP) is 1.75. The van der Waals surface area contributed by atoms with Gasteiger partial charge in [0.15, 0.2) is 0 Å². The van der Waals surface area contributed by atoms with Gasteiger partial charge in [0.25, 0.3) is 0 Å². The molecule has 0 aliphatic carbocycles. The van der Waals surface area contributed by atoms with Gasteiger partial charge in [-0.15, -0.1) is 0 Å². The van der Waals surface area contributed by atoms with E-state index in [1.165, 1.54) is 0 Å². The van der Waals surface area contributed by atoms with Gasteiger partial charge in [0.05, 0.1) is 18.9 Å². The Morgan fingerprint density at radius 3 is 2.94 bits per heavy atom. The highest BCUT2D eigenvalue weighted by atomic mass is 16.5. The number of hydrogen-bond acceptors (Lipinski definition) is 4. The molecule has 90 valence electrons. The van der Waals surface area contributed by atoms with Crippen LogP contribution < -0.4 is 15.4 Å². The van der Waals surface area contributed by atoms with Crippen LogP contribution in [0.15, 0.2) is 24.3 Å². The van der Waals surface area contributed by atoms with E-state index in [-0.39, 0.29) is 0 Å². The highest BCUT2D eigenvalue weighted by molar-refractivity contribution is 5.59. The van der Waals surface area contributed by atoms with Gasteiger partial charge in [-0.3, -0.25) is 0 Å². The lowest BCUT2D eigenvalue weighted by Gasteiger charge is -2.33. The lowest BCUT2D eigenvalue weighted by atomic mass is 9.91. The van der Waals surface area contributed by atoms with E-state index < -0.39 is 5.54 Å². The third-order valence-electron chi connectivity index (χ3n) is 3.08. The SMILES string of the molecule is COc1ccccc1NC1(C#N)CCCNC1. The molecule has 0 aromatic heterocycles. The molecule has 4 nitrogen and oxygen atoms in total. The number of benzene rings is 1. The average Bonchev–Trinajstić information content (AvgIpc) is 2.40. The Morgan fingerprint density at radius 2 is 2.29 bits per heavy atom. The van der Waals surface area contributed by atoms with Crippen LogP contribution in [0.1, 0.15) is 12.8 Å². The molecule has 1 atom stereocenters. The smallest absolute Gasteiger partial charge is 0.141 e. The first-order chi connectivity index (χ1) is 8.29. The molecule has 0 saturated carbocycles. The first kappa shape index (κ1) is 11.7. The molecular weight excluding hydrogens is 214 g/mol. The van der Waals surface area contributed by atoms with Gasteiger partial charge in [-0.25, -0.2) is 0 Å². The van der Waals surface area contributed by atoms with Crippen molar-refractivity contribution in [3.8, 4) is 11.8 Å². The molecule has 17 heavy (non-hydrogen) atoms. The minimum Gasteiger partial charge on any atom is -0.495 e. The van der Waals surface area contributed by atoms with E-state index in [1.54, 1.807) is 7.11 Å². The number of rotatable bonds is 3. The second kappa shape index (κ2) is 5.07. The summed E-state index contributed by atoms with van der Waals surface area (Å²) in [4.78, 5) is 0. The van der Waals surface area contributed by atoms with Crippen molar-refractivity contribution in [2.45, 2.75) is 18.4 Å². The van der Waals surface area contributed by atoms with Crippen LogP contribution in [-0.4, -0.2) is 25.7 Å². The van der Waals surface area contributed by atoms with Crippen LogP contribution in [0.5, 0.6) is 5.75 Å². The predicted molar refractivity (Wildman–Crippen MR) is 67.1 cm³/mol. The first-order valence-corrected chi connectivity index (χ1v) is 5.83. The summed E-state index contributed by atoms with van der Waals surface area (Å²) in [5.41, 5.74) is 0.354. The molecule has 0 radical (unpaired) electrons. The van der Waals surface area contributed by atoms with Crippen molar-refractivity contribution in [3.63, 3.8) is 0 Å². The topological polar surface area (TPSA) is 57.1 Å². The molecule has 2 N–H and O–H groups in total. The van der Waals surface area contributed by atoms with E-state index in [0.29, 0.717) is 6.54 Å². The second-order valence-corrected chi connectivity index (χ2v) is 4.30. The molecule has 1 fully saturated rings. The van der Waals surface area contributed by atoms with Crippen LogP contribution in [0.2, 0.25) is 0 Å². The number of hydrogen-bond donors (Lipinski definition) is 2. The van der Waals surface area contributed by atoms with Crippen molar-refractivity contribution in [2.24, 2.45) is 0 Å². The molecular formula is C13H17N3O. The number of methoxy groups -OCH3 is 1. The lowest BCUT2D eigenvalue weighted by molar-refractivity contribution is 0.399. The standard InChI is InChI=1S/C13H17N3O/c1-17-12-6-3-2-5-11(12)16-13(9-14)7-4-8-15-10-13/h2-3,5-6,15-16H,4,7-8,10H2,1H3. The summed E-state index contributed by atoms with van der Waals surface area (Å²) < 4.78 is 5.28. The van der Waals surface area contributed by atoms with Gasteiger partial charge in [0.2, 0.25) is 0 Å². The fourth-order valence-electron chi connectivity index (χ4n) is 2.14. The molecule has 1 aromatic carbocycles. The first-order valence-electron chi connectivity index (χ1n) is 5.83. The van der Waals surface area contributed by atoms with Crippen LogP contribution in [-0.2, 0) is 0 Å². The van der Waals surface area contributed by atoms with E-state index in [2.05, 4.69) is 16.7 Å². The molecule has 0 amide bonds. The third kappa shape index (κ3) is 2.51.